The van der Waals surface area contributed by atoms with E-state index in [-0.39, 0.29) is 9.99 Å². The zero-order chi connectivity index (χ0) is 14.9. The van der Waals surface area contributed by atoms with E-state index >= 15 is 0 Å². The molecule has 20 heavy (non-hydrogen) atoms. The third kappa shape index (κ3) is 3.11. The van der Waals surface area contributed by atoms with E-state index in [2.05, 4.69) is 20.7 Å². The molecule has 1 aromatic heterocycles. The van der Waals surface area contributed by atoms with Crippen molar-refractivity contribution in [3.63, 3.8) is 0 Å². The summed E-state index contributed by atoms with van der Waals surface area (Å²) in [6.07, 6.45) is 0. The molecule has 106 valence electrons. The fourth-order valence-electron chi connectivity index (χ4n) is 1.64. The highest BCUT2D eigenvalue weighted by Crippen LogP contribution is 2.32. The van der Waals surface area contributed by atoms with Gasteiger partial charge in [0.25, 0.3) is 10.0 Å². The van der Waals surface area contributed by atoms with Crippen LogP contribution in [-0.2, 0) is 10.0 Å². The quantitative estimate of drug-likeness (QED) is 0.828. The molecule has 0 atom stereocenters. The number of rotatable bonds is 4. The number of para-hydroxylation sites is 1. The van der Waals surface area contributed by atoms with Gasteiger partial charge in [-0.15, -0.1) is 11.3 Å². The summed E-state index contributed by atoms with van der Waals surface area (Å²) in [6, 6.07) is 8.13. The van der Waals surface area contributed by atoms with Crippen molar-refractivity contribution in [2.45, 2.75) is 18.1 Å². The predicted molar refractivity (Wildman–Crippen MR) is 84.0 cm³/mol. The van der Waals surface area contributed by atoms with Gasteiger partial charge in [0.2, 0.25) is 0 Å². The summed E-state index contributed by atoms with van der Waals surface area (Å²) in [5.41, 5.74) is 1.50. The minimum Gasteiger partial charge on any atom is -0.294 e. The number of carbonyl (C=O) groups excluding carboxylic acids is 1. The first-order valence-corrected chi connectivity index (χ1v) is 8.79. The van der Waals surface area contributed by atoms with Crippen LogP contribution in [0.25, 0.3) is 0 Å². The molecule has 4 nitrogen and oxygen atoms in total. The number of hydrogen-bond acceptors (Lipinski definition) is 4. The zero-order valence-corrected chi connectivity index (χ0v) is 14.0. The van der Waals surface area contributed by atoms with E-state index in [0.717, 1.165) is 20.7 Å². The number of carbonyl (C=O) groups is 1. The molecule has 0 unspecified atom stereocenters. The number of sulfonamides is 1. The van der Waals surface area contributed by atoms with Crippen molar-refractivity contribution in [2.75, 3.05) is 4.72 Å². The Morgan fingerprint density at radius 3 is 2.50 bits per heavy atom. The van der Waals surface area contributed by atoms with Crippen LogP contribution in [0.15, 0.2) is 38.3 Å². The first kappa shape index (κ1) is 15.2. The van der Waals surface area contributed by atoms with Crippen LogP contribution in [0.4, 0.5) is 5.69 Å². The standard InChI is InChI=1S/C13H12BrNO3S2/c1-8-7-12(19-13(8)14)20(17,18)15-11-6-4-3-5-10(11)9(2)16/h3-7,15H,1-2H3. The molecule has 2 rings (SSSR count). The van der Waals surface area contributed by atoms with Crippen LogP contribution in [-0.4, -0.2) is 14.2 Å². The summed E-state index contributed by atoms with van der Waals surface area (Å²) >= 11 is 4.44. The second-order valence-electron chi connectivity index (χ2n) is 4.23. The Bertz CT molecular complexity index is 746. The summed E-state index contributed by atoms with van der Waals surface area (Å²) < 4.78 is 28.1. The molecule has 2 aromatic rings. The van der Waals surface area contributed by atoms with E-state index in [9.17, 15) is 13.2 Å². The second kappa shape index (κ2) is 5.67. The van der Waals surface area contributed by atoms with Gasteiger partial charge in [0, 0.05) is 5.56 Å². The molecule has 0 bridgehead atoms. The molecule has 0 fully saturated rings. The van der Waals surface area contributed by atoms with E-state index in [0.29, 0.717) is 11.3 Å². The third-order valence-corrected chi connectivity index (χ3v) is 6.63. The molecule has 1 aromatic carbocycles. The van der Waals surface area contributed by atoms with E-state index in [4.69, 9.17) is 0 Å². The largest absolute Gasteiger partial charge is 0.294 e. The lowest BCUT2D eigenvalue weighted by molar-refractivity contribution is 0.101. The van der Waals surface area contributed by atoms with E-state index < -0.39 is 10.0 Å². The van der Waals surface area contributed by atoms with E-state index in [1.165, 1.54) is 6.92 Å². The van der Waals surface area contributed by atoms with Crippen LogP contribution in [0, 0.1) is 6.92 Å². The molecule has 1 N–H and O–H groups in total. The van der Waals surface area contributed by atoms with Gasteiger partial charge < -0.3 is 0 Å². The van der Waals surface area contributed by atoms with Gasteiger partial charge in [-0.25, -0.2) is 8.42 Å². The highest BCUT2D eigenvalue weighted by atomic mass is 79.9. The number of hydrogen-bond donors (Lipinski definition) is 1. The molecule has 0 radical (unpaired) electrons. The number of thiophene rings is 1. The first-order chi connectivity index (χ1) is 9.31. The van der Waals surface area contributed by atoms with Crippen molar-refractivity contribution in [2.24, 2.45) is 0 Å². The molecule has 0 saturated carbocycles. The van der Waals surface area contributed by atoms with Crippen LogP contribution in [0.5, 0.6) is 0 Å². The topological polar surface area (TPSA) is 63.2 Å². The number of nitrogens with one attached hydrogen (secondary N) is 1. The Balaban J connectivity index is 2.41. The average molecular weight is 374 g/mol. The maximum atomic E-state index is 12.3. The number of aryl methyl sites for hydroxylation is 1. The van der Waals surface area contributed by atoms with Crippen molar-refractivity contribution >= 4 is 48.8 Å². The number of benzene rings is 1. The van der Waals surface area contributed by atoms with Crippen molar-refractivity contribution in [3.8, 4) is 0 Å². The van der Waals surface area contributed by atoms with Crippen molar-refractivity contribution in [1.29, 1.82) is 0 Å². The maximum Gasteiger partial charge on any atom is 0.271 e. The average Bonchev–Trinajstić information content (AvgIpc) is 2.70. The minimum atomic E-state index is -3.68. The van der Waals surface area contributed by atoms with Crippen LogP contribution < -0.4 is 4.72 Å². The van der Waals surface area contributed by atoms with Crippen molar-refractivity contribution < 1.29 is 13.2 Å². The summed E-state index contributed by atoms with van der Waals surface area (Å²) in [4.78, 5) is 11.5. The molecule has 0 spiro atoms. The Morgan fingerprint density at radius 2 is 1.95 bits per heavy atom. The van der Waals surface area contributed by atoms with Crippen LogP contribution >= 0.6 is 27.3 Å². The fourth-order valence-corrected chi connectivity index (χ4v) is 4.94. The molecule has 0 saturated heterocycles. The highest BCUT2D eigenvalue weighted by Gasteiger charge is 2.20. The number of Topliss-reactive ketones (excluding diaryl/α,β-unsaturated/α-hetero) is 1. The molecule has 0 amide bonds. The predicted octanol–water partition coefficient (Wildman–Crippen LogP) is 3.82. The van der Waals surface area contributed by atoms with Crippen LogP contribution in [0.3, 0.4) is 0 Å². The van der Waals surface area contributed by atoms with Crippen LogP contribution in [0.2, 0.25) is 0 Å². The van der Waals surface area contributed by atoms with E-state index in [1.54, 1.807) is 30.3 Å². The summed E-state index contributed by atoms with van der Waals surface area (Å²) in [5, 5.41) is 0. The molecule has 7 heteroatoms. The molecular weight excluding hydrogens is 362 g/mol. The van der Waals surface area contributed by atoms with E-state index in [1.807, 2.05) is 6.92 Å². The summed E-state index contributed by atoms with van der Waals surface area (Å²) in [6.45, 7) is 3.22. The van der Waals surface area contributed by atoms with Gasteiger partial charge in [0.05, 0.1) is 9.47 Å². The third-order valence-electron chi connectivity index (χ3n) is 2.65. The van der Waals surface area contributed by atoms with Gasteiger partial charge in [-0.05, 0) is 53.5 Å². The van der Waals surface area contributed by atoms with Gasteiger partial charge in [-0.3, -0.25) is 9.52 Å². The van der Waals surface area contributed by atoms with Gasteiger partial charge in [0.15, 0.2) is 5.78 Å². The Kier molecular flexibility index (Phi) is 4.31. The number of anilines is 1. The molecule has 1 heterocycles. The van der Waals surface area contributed by atoms with Gasteiger partial charge in [-0.2, -0.15) is 0 Å². The molecular formula is C13H12BrNO3S2. The number of ketones is 1. The zero-order valence-electron chi connectivity index (χ0n) is 10.8. The van der Waals surface area contributed by atoms with Gasteiger partial charge in [0.1, 0.15) is 4.21 Å². The SMILES string of the molecule is CC(=O)c1ccccc1NS(=O)(=O)c1cc(C)c(Br)s1. The highest BCUT2D eigenvalue weighted by molar-refractivity contribution is 9.11. The molecule has 0 aliphatic heterocycles. The lowest BCUT2D eigenvalue weighted by Crippen LogP contribution is -2.13. The monoisotopic (exact) mass is 373 g/mol. The van der Waals surface area contributed by atoms with Gasteiger partial charge in [-0.1, -0.05) is 12.1 Å². The normalized spacial score (nSPS) is 11.3. The Morgan fingerprint density at radius 1 is 1.30 bits per heavy atom. The van der Waals surface area contributed by atoms with Crippen molar-refractivity contribution in [3.05, 3.63) is 45.2 Å². The molecule has 0 aliphatic rings. The first-order valence-electron chi connectivity index (χ1n) is 5.70. The molecule has 0 aliphatic carbocycles. The lowest BCUT2D eigenvalue weighted by atomic mass is 10.1. The van der Waals surface area contributed by atoms with Gasteiger partial charge >= 0.3 is 0 Å². The van der Waals surface area contributed by atoms with Crippen molar-refractivity contribution in [1.82, 2.24) is 0 Å². The lowest BCUT2D eigenvalue weighted by Gasteiger charge is -2.09. The number of halogens is 1. The second-order valence-corrected chi connectivity index (χ2v) is 8.51. The maximum absolute atomic E-state index is 12.3. The smallest absolute Gasteiger partial charge is 0.271 e. The summed E-state index contributed by atoms with van der Waals surface area (Å²) in [7, 11) is -3.68. The summed E-state index contributed by atoms with van der Waals surface area (Å²) in [5.74, 6) is -0.188. The van der Waals surface area contributed by atoms with Crippen LogP contribution in [0.1, 0.15) is 22.8 Å². The minimum absolute atomic E-state index is 0.188. The Hall–Kier alpha value is -1.18. The Labute approximate surface area is 130 Å². The fraction of sp³-hybridized carbons (Fsp3) is 0.154.